The molecule has 0 radical (unpaired) electrons. The maximum Gasteiger partial charge on any atom is 0.255 e. The largest absolute Gasteiger partial charge is 0.365 e. The molecule has 1 aromatic carbocycles. The molecule has 0 saturated carbocycles. The second-order valence-electron chi connectivity index (χ2n) is 13.1. The molecule has 7 nitrogen and oxygen atoms in total. The highest BCUT2D eigenvalue weighted by Gasteiger charge is 2.22. The third-order valence-electron chi connectivity index (χ3n) is 8.66. The van der Waals surface area contributed by atoms with Crippen LogP contribution in [0.15, 0.2) is 67.0 Å². The zero-order valence-corrected chi connectivity index (χ0v) is 27.1. The standard InChI is InChI=1S/C37H50N6O/c1-28(2)18-24-42(25-19-29(3)4)37(44)31-16-17-34-40-35(33(43(34)27-31)15-11-23-41-21-8-9-22-41)32-14-10-20-38-36(32)39-26-30-12-6-5-7-13-30/h5-7,10,12-14,16-17,20,27-29H,8-9,11,15,18-19,21-26H2,1-4H3,(H,38,39). The molecule has 1 saturated heterocycles. The van der Waals surface area contributed by atoms with Crippen molar-refractivity contribution < 1.29 is 4.79 Å². The van der Waals surface area contributed by atoms with E-state index in [-0.39, 0.29) is 5.91 Å². The van der Waals surface area contributed by atoms with Crippen molar-refractivity contribution in [1.29, 1.82) is 0 Å². The van der Waals surface area contributed by atoms with Gasteiger partial charge >= 0.3 is 0 Å². The van der Waals surface area contributed by atoms with E-state index in [4.69, 9.17) is 9.97 Å². The van der Waals surface area contributed by atoms with E-state index in [0.717, 1.165) is 79.3 Å². The van der Waals surface area contributed by atoms with E-state index in [9.17, 15) is 4.79 Å². The van der Waals surface area contributed by atoms with E-state index in [0.29, 0.717) is 18.4 Å². The van der Waals surface area contributed by atoms with E-state index < -0.39 is 0 Å². The number of pyridine rings is 2. The topological polar surface area (TPSA) is 65.8 Å². The predicted molar refractivity (Wildman–Crippen MR) is 181 cm³/mol. The van der Waals surface area contributed by atoms with E-state index in [1.54, 1.807) is 0 Å². The number of amides is 1. The number of hydrogen-bond donors (Lipinski definition) is 1. The highest BCUT2D eigenvalue weighted by atomic mass is 16.2. The average Bonchev–Trinajstić information content (AvgIpc) is 3.68. The summed E-state index contributed by atoms with van der Waals surface area (Å²) in [6, 6.07) is 18.5. The zero-order valence-electron chi connectivity index (χ0n) is 27.1. The first-order chi connectivity index (χ1) is 21.4. The van der Waals surface area contributed by atoms with Gasteiger partial charge in [-0.25, -0.2) is 9.97 Å². The minimum absolute atomic E-state index is 0.109. The third-order valence-corrected chi connectivity index (χ3v) is 8.66. The third kappa shape index (κ3) is 8.26. The summed E-state index contributed by atoms with van der Waals surface area (Å²) in [6.07, 6.45) is 10.4. The normalized spacial score (nSPS) is 13.8. The Labute approximate surface area is 263 Å². The van der Waals surface area contributed by atoms with Gasteiger partial charge < -0.3 is 19.5 Å². The van der Waals surface area contributed by atoms with Crippen molar-refractivity contribution in [2.75, 3.05) is 38.0 Å². The summed E-state index contributed by atoms with van der Waals surface area (Å²) in [5.41, 5.74) is 5.86. The second-order valence-corrected chi connectivity index (χ2v) is 13.1. The number of rotatable bonds is 15. The van der Waals surface area contributed by atoms with Crippen LogP contribution in [0.4, 0.5) is 5.82 Å². The number of anilines is 1. The molecular formula is C37H50N6O. The number of benzene rings is 1. The number of nitrogens with zero attached hydrogens (tertiary/aromatic N) is 5. The number of carbonyl (C=O) groups excluding carboxylic acids is 1. The fourth-order valence-corrected chi connectivity index (χ4v) is 6.00. The SMILES string of the molecule is CC(C)CCN(CCC(C)C)C(=O)c1ccc2nc(-c3cccnc3NCc3ccccc3)c(CCCN3CCCC3)n2c1. The van der Waals surface area contributed by atoms with Crippen LogP contribution in [-0.2, 0) is 13.0 Å². The van der Waals surface area contributed by atoms with Gasteiger partial charge in [-0.3, -0.25) is 4.79 Å². The number of carbonyl (C=O) groups is 1. The average molecular weight is 595 g/mol. The Bertz CT molecular complexity index is 1480. The maximum atomic E-state index is 13.9. The van der Waals surface area contributed by atoms with Crippen molar-refractivity contribution in [2.24, 2.45) is 11.8 Å². The number of hydrogen-bond acceptors (Lipinski definition) is 5. The molecule has 1 amide bonds. The Morgan fingerprint density at radius 3 is 2.36 bits per heavy atom. The van der Waals surface area contributed by atoms with Crippen molar-refractivity contribution in [3.8, 4) is 11.3 Å². The fourth-order valence-electron chi connectivity index (χ4n) is 6.00. The summed E-state index contributed by atoms with van der Waals surface area (Å²) in [6.45, 7) is 14.6. The number of aryl methyl sites for hydroxylation is 1. The Hall–Kier alpha value is -3.71. The molecule has 7 heteroatoms. The lowest BCUT2D eigenvalue weighted by Crippen LogP contribution is -2.34. The van der Waals surface area contributed by atoms with Crippen LogP contribution >= 0.6 is 0 Å². The molecular weight excluding hydrogens is 544 g/mol. The molecule has 0 bridgehead atoms. The van der Waals surface area contributed by atoms with Gasteiger partial charge in [0.1, 0.15) is 11.5 Å². The molecule has 1 aliphatic rings. The van der Waals surface area contributed by atoms with Crippen molar-refractivity contribution in [1.82, 2.24) is 24.2 Å². The summed E-state index contributed by atoms with van der Waals surface area (Å²) < 4.78 is 2.17. The van der Waals surface area contributed by atoms with Crippen LogP contribution in [0.1, 0.15) is 81.4 Å². The molecule has 1 aliphatic heterocycles. The minimum atomic E-state index is 0.109. The number of aromatic nitrogens is 3. The van der Waals surface area contributed by atoms with Crippen LogP contribution in [-0.4, -0.2) is 62.8 Å². The quantitative estimate of drug-likeness (QED) is 0.154. The first-order valence-corrected chi connectivity index (χ1v) is 16.6. The van der Waals surface area contributed by atoms with Crippen LogP contribution < -0.4 is 5.32 Å². The number of nitrogens with one attached hydrogen (secondary N) is 1. The summed E-state index contributed by atoms with van der Waals surface area (Å²) in [7, 11) is 0. The molecule has 0 unspecified atom stereocenters. The first-order valence-electron chi connectivity index (χ1n) is 16.6. The van der Waals surface area contributed by atoms with Crippen molar-refractivity contribution in [3.05, 3.63) is 83.8 Å². The molecule has 0 spiro atoms. The molecule has 234 valence electrons. The van der Waals surface area contributed by atoms with E-state index in [1.807, 2.05) is 36.7 Å². The molecule has 0 atom stereocenters. The molecule has 1 fully saturated rings. The predicted octanol–water partition coefficient (Wildman–Crippen LogP) is 7.57. The molecule has 1 N–H and O–H groups in total. The van der Waals surface area contributed by atoms with Crippen molar-refractivity contribution in [3.63, 3.8) is 0 Å². The molecule has 4 aromatic rings. The van der Waals surface area contributed by atoms with E-state index in [2.05, 4.69) is 77.5 Å². The second kappa shape index (κ2) is 15.3. The van der Waals surface area contributed by atoms with E-state index >= 15 is 0 Å². The highest BCUT2D eigenvalue weighted by molar-refractivity contribution is 5.94. The highest BCUT2D eigenvalue weighted by Crippen LogP contribution is 2.31. The Morgan fingerprint density at radius 1 is 0.932 bits per heavy atom. The van der Waals surface area contributed by atoms with Gasteiger partial charge in [0.15, 0.2) is 0 Å². The minimum Gasteiger partial charge on any atom is -0.365 e. The monoisotopic (exact) mass is 594 g/mol. The molecule has 5 rings (SSSR count). The lowest BCUT2D eigenvalue weighted by atomic mass is 10.1. The van der Waals surface area contributed by atoms with Gasteiger partial charge in [-0.2, -0.15) is 0 Å². The summed E-state index contributed by atoms with van der Waals surface area (Å²) >= 11 is 0. The lowest BCUT2D eigenvalue weighted by Gasteiger charge is -2.24. The van der Waals surface area contributed by atoms with Crippen LogP contribution in [0.25, 0.3) is 16.9 Å². The summed E-state index contributed by atoms with van der Waals surface area (Å²) in [5.74, 6) is 2.03. The Morgan fingerprint density at radius 2 is 1.66 bits per heavy atom. The van der Waals surface area contributed by atoms with E-state index in [1.165, 1.54) is 31.5 Å². The van der Waals surface area contributed by atoms with Gasteiger partial charge in [-0.1, -0.05) is 58.0 Å². The summed E-state index contributed by atoms with van der Waals surface area (Å²) in [4.78, 5) is 28.4. The first kappa shape index (κ1) is 31.7. The molecule has 4 heterocycles. The van der Waals surface area contributed by atoms with Crippen molar-refractivity contribution >= 4 is 17.4 Å². The Kier molecular flexibility index (Phi) is 11.1. The molecule has 0 aliphatic carbocycles. The number of fused-ring (bicyclic) bond motifs is 1. The molecule has 44 heavy (non-hydrogen) atoms. The van der Waals surface area contributed by atoms with Gasteiger partial charge in [0.25, 0.3) is 5.91 Å². The van der Waals surface area contributed by atoms with Crippen LogP contribution in [0.2, 0.25) is 0 Å². The van der Waals surface area contributed by atoms with Gasteiger partial charge in [0.05, 0.1) is 17.0 Å². The smallest absolute Gasteiger partial charge is 0.255 e. The Balaban J connectivity index is 1.48. The van der Waals surface area contributed by atoms with Crippen molar-refractivity contribution in [2.45, 2.75) is 72.8 Å². The lowest BCUT2D eigenvalue weighted by molar-refractivity contribution is 0.0740. The van der Waals surface area contributed by atoms with Crippen LogP contribution in [0, 0.1) is 11.8 Å². The molecule has 3 aromatic heterocycles. The van der Waals surface area contributed by atoms with Gasteiger partial charge in [0.2, 0.25) is 0 Å². The maximum absolute atomic E-state index is 13.9. The zero-order chi connectivity index (χ0) is 30.9. The van der Waals surface area contributed by atoms with Gasteiger partial charge in [-0.05, 0) is 99.8 Å². The van der Waals surface area contributed by atoms with Crippen LogP contribution in [0.3, 0.4) is 0 Å². The van der Waals surface area contributed by atoms with Gasteiger partial charge in [-0.15, -0.1) is 0 Å². The fraction of sp³-hybridized carbons (Fsp3) is 0.486. The summed E-state index contributed by atoms with van der Waals surface area (Å²) in [5, 5.41) is 3.56. The van der Waals surface area contributed by atoms with Gasteiger partial charge in [0, 0.05) is 37.6 Å². The number of likely N-dealkylation sites (tertiary alicyclic amines) is 1. The number of imidazole rings is 1. The van der Waals surface area contributed by atoms with Crippen LogP contribution in [0.5, 0.6) is 0 Å².